The molecule has 13 aromatic rings. The van der Waals surface area contributed by atoms with E-state index in [0.29, 0.717) is 22.8 Å². The predicted molar refractivity (Wildman–Crippen MR) is 308 cm³/mol. The Morgan fingerprint density at radius 2 is 0.963 bits per heavy atom. The molecule has 80 heavy (non-hydrogen) atoms. The van der Waals surface area contributed by atoms with E-state index in [1.165, 1.54) is 17.3 Å². The van der Waals surface area contributed by atoms with Crippen LogP contribution in [0.25, 0.3) is 77.1 Å². The molecule has 0 unspecified atom stereocenters. The van der Waals surface area contributed by atoms with Crippen LogP contribution in [0.15, 0.2) is 177 Å². The average Bonchev–Trinajstić information content (AvgIpc) is 4.21. The number of nitrogens with one attached hydrogen (secondary N) is 4. The summed E-state index contributed by atoms with van der Waals surface area (Å²) in [5, 5.41) is 15.5. The number of nitrogens with zero attached hydrogens (tertiary/aromatic N) is 12. The fraction of sp³-hybridized carbons (Fsp3) is 0.100. The number of hydrogen-bond donors (Lipinski definition) is 4. The van der Waals surface area contributed by atoms with Gasteiger partial charge in [-0.15, -0.1) is 0 Å². The van der Waals surface area contributed by atoms with Crippen LogP contribution in [0.5, 0.6) is 0 Å². The van der Waals surface area contributed by atoms with Gasteiger partial charge in [0.1, 0.15) is 11.4 Å². The summed E-state index contributed by atoms with van der Waals surface area (Å²) in [6.45, 7) is 4.28. The van der Waals surface area contributed by atoms with Gasteiger partial charge < -0.3 is 35.0 Å². The Hall–Kier alpha value is -10.2. The van der Waals surface area contributed by atoms with Crippen LogP contribution in [-0.2, 0) is 40.6 Å². The van der Waals surface area contributed by atoms with Crippen molar-refractivity contribution in [3.05, 3.63) is 206 Å². The molecule has 10 aromatic heterocycles. The van der Waals surface area contributed by atoms with Crippen molar-refractivity contribution in [1.82, 2.24) is 63.9 Å². The van der Waals surface area contributed by atoms with E-state index in [1.807, 2.05) is 116 Å². The molecule has 19 nitrogen and oxygen atoms in total. The molecule has 4 N–H and O–H groups in total. The number of carbonyl (C=O) groups excluding carboxylic acids is 3. The van der Waals surface area contributed by atoms with Crippen LogP contribution < -0.4 is 21.3 Å². The molecule has 0 saturated carbocycles. The number of benzene rings is 3. The molecule has 396 valence electrons. The summed E-state index contributed by atoms with van der Waals surface area (Å²) in [7, 11) is 5.15. The molecular formula is C60H50N16O3Ru. The van der Waals surface area contributed by atoms with E-state index >= 15 is 0 Å². The summed E-state index contributed by atoms with van der Waals surface area (Å²) in [6, 6.07) is 36.7. The molecule has 3 aromatic carbocycles. The third kappa shape index (κ3) is 11.1. The zero-order valence-corrected chi connectivity index (χ0v) is 45.6. The monoisotopic (exact) mass is 1140 g/mol. The minimum Gasteiger partial charge on any atom is -0.367 e. The molecule has 0 aliphatic rings. The first-order chi connectivity index (χ1) is 38.4. The Morgan fingerprint density at radius 3 is 1.50 bits per heavy atom. The van der Waals surface area contributed by atoms with Crippen molar-refractivity contribution in [3.63, 3.8) is 0 Å². The number of para-hydroxylation sites is 2. The van der Waals surface area contributed by atoms with Gasteiger partial charge in [0.25, 0.3) is 17.7 Å². The number of imidazole rings is 1. The van der Waals surface area contributed by atoms with E-state index < -0.39 is 5.91 Å². The average molecular weight is 1140 g/mol. The second kappa shape index (κ2) is 23.2. The Kier molecular flexibility index (Phi) is 15.4. The summed E-state index contributed by atoms with van der Waals surface area (Å²) < 4.78 is 4.84. The summed E-state index contributed by atoms with van der Waals surface area (Å²) in [5.41, 5.74) is 13.6. The van der Waals surface area contributed by atoms with E-state index in [2.05, 4.69) is 70.0 Å². The number of aromatic nitrogens is 12. The third-order valence-corrected chi connectivity index (χ3v) is 13.0. The number of hydrogen-bond acceptors (Lipinski definition) is 13. The zero-order chi connectivity index (χ0) is 54.6. The second-order valence-corrected chi connectivity index (χ2v) is 18.6. The van der Waals surface area contributed by atoms with Gasteiger partial charge in [0, 0.05) is 130 Å². The van der Waals surface area contributed by atoms with Crippen molar-refractivity contribution in [2.24, 2.45) is 21.1 Å². The molecule has 0 saturated heterocycles. The van der Waals surface area contributed by atoms with Gasteiger partial charge in [-0.1, -0.05) is 18.2 Å². The molecule has 0 spiro atoms. The number of rotatable bonds is 9. The minimum atomic E-state index is -0.398. The van der Waals surface area contributed by atoms with E-state index in [0.717, 1.165) is 82.8 Å². The summed E-state index contributed by atoms with van der Waals surface area (Å²) >= 11 is 0. The van der Waals surface area contributed by atoms with Gasteiger partial charge in [-0.05, 0) is 122 Å². The van der Waals surface area contributed by atoms with Crippen LogP contribution in [-0.4, -0.2) is 82.9 Å². The molecule has 13 rings (SSSR count). The molecule has 0 bridgehead atoms. The smallest absolute Gasteiger partial charge is 0.291 e. The molecule has 0 aliphatic carbocycles. The zero-order valence-electron chi connectivity index (χ0n) is 43.9. The van der Waals surface area contributed by atoms with E-state index in [1.54, 1.807) is 90.4 Å². The SMILES string of the molecule is Cc1ccnc(-c2cc(C)ccn2)c1.Cn1cc(NC(=O)c2cc(NC(=O)c3nccn3C)cn2C)cc1C(=O)NCNc1cc2cccnc2c2ncccc12.[Ru].c1ccc2nc3c4cccnc4c4ncccc4c3nc2c1. The van der Waals surface area contributed by atoms with E-state index in [9.17, 15) is 14.4 Å². The Balaban J connectivity index is 0.000000160. The largest absolute Gasteiger partial charge is 0.367 e. The number of amides is 3. The maximum absolute atomic E-state index is 13.0. The van der Waals surface area contributed by atoms with E-state index in [-0.39, 0.29) is 43.8 Å². The molecule has 10 heterocycles. The normalized spacial score (nSPS) is 10.9. The van der Waals surface area contributed by atoms with Crippen molar-refractivity contribution in [2.45, 2.75) is 13.8 Å². The number of pyridine rings is 6. The van der Waals surface area contributed by atoms with Crippen molar-refractivity contribution in [1.29, 1.82) is 0 Å². The van der Waals surface area contributed by atoms with Gasteiger partial charge in [0.15, 0.2) is 5.82 Å². The quantitative estimate of drug-likeness (QED) is 0.0457. The molecule has 20 heteroatoms. The summed E-state index contributed by atoms with van der Waals surface area (Å²) in [6.07, 6.45) is 17.2. The van der Waals surface area contributed by atoms with Gasteiger partial charge >= 0.3 is 0 Å². The van der Waals surface area contributed by atoms with Crippen LogP contribution in [0.1, 0.15) is 42.7 Å². The van der Waals surface area contributed by atoms with Crippen molar-refractivity contribution in [3.8, 4) is 11.4 Å². The fourth-order valence-electron chi connectivity index (χ4n) is 9.22. The first kappa shape index (κ1) is 53.2. The van der Waals surface area contributed by atoms with Crippen LogP contribution >= 0.6 is 0 Å². The number of fused-ring (bicyclic) bond motifs is 10. The molecule has 0 radical (unpaired) electrons. The van der Waals surface area contributed by atoms with Crippen LogP contribution in [0.4, 0.5) is 17.1 Å². The number of anilines is 3. The topological polar surface area (TPSA) is 230 Å². The first-order valence-electron chi connectivity index (χ1n) is 25.1. The van der Waals surface area contributed by atoms with Crippen molar-refractivity contribution >= 4 is 100 Å². The Bertz CT molecular complexity index is 4340. The van der Waals surface area contributed by atoms with Crippen molar-refractivity contribution in [2.75, 3.05) is 22.6 Å². The fourth-order valence-corrected chi connectivity index (χ4v) is 9.22. The van der Waals surface area contributed by atoms with E-state index in [4.69, 9.17) is 9.97 Å². The summed E-state index contributed by atoms with van der Waals surface area (Å²) in [5.74, 6) is -0.857. The number of carbonyl (C=O) groups is 3. The van der Waals surface area contributed by atoms with Crippen LogP contribution in [0.3, 0.4) is 0 Å². The number of aryl methyl sites for hydroxylation is 5. The molecule has 0 aliphatic heterocycles. The predicted octanol–water partition coefficient (Wildman–Crippen LogP) is 10.1. The summed E-state index contributed by atoms with van der Waals surface area (Å²) in [4.78, 5) is 78.8. The van der Waals surface area contributed by atoms with Gasteiger partial charge in [0.2, 0.25) is 0 Å². The van der Waals surface area contributed by atoms with Gasteiger partial charge in [-0.2, -0.15) is 0 Å². The van der Waals surface area contributed by atoms with Gasteiger partial charge in [-0.3, -0.25) is 44.3 Å². The molecule has 0 fully saturated rings. The standard InChI is InChI=1S/C30H28N10O3.C18H10N4.C12H12N2.Ru/c1-38-11-10-33-27(38)30(43)37-20-14-24(40(3)16-20)29(42)36-19-13-23(39(2)15-19)28(41)35-17-34-22-12-18-6-4-8-31-25(18)26-21(22)7-5-9-32-26;1-2-8-14-13(7-1)21-17-11-5-3-9-19-15(11)16-12(18(17)22-14)6-4-10-20-16;1-9-3-5-13-11(7-9)12-8-10(2)4-6-14-12;/h4-16,34H,17H2,1-3H3,(H,35,41)(H,36,42)(H,37,43);1-10H;3-8H,1-2H3;. The minimum absolute atomic E-state index is 0. The Morgan fingerprint density at radius 1 is 0.463 bits per heavy atom. The maximum Gasteiger partial charge on any atom is 0.291 e. The first-order valence-corrected chi connectivity index (χ1v) is 25.1. The van der Waals surface area contributed by atoms with Crippen LogP contribution in [0.2, 0.25) is 0 Å². The molecule has 0 atom stereocenters. The van der Waals surface area contributed by atoms with Gasteiger partial charge in [0.05, 0.1) is 73.6 Å². The molecular weight excluding hydrogens is 1090 g/mol. The third-order valence-electron chi connectivity index (χ3n) is 13.0. The van der Waals surface area contributed by atoms with Crippen LogP contribution in [0, 0.1) is 13.8 Å². The maximum atomic E-state index is 13.0. The van der Waals surface area contributed by atoms with Gasteiger partial charge in [-0.25, -0.2) is 15.0 Å². The second-order valence-electron chi connectivity index (χ2n) is 18.6. The Labute approximate surface area is 470 Å². The van der Waals surface area contributed by atoms with Crippen molar-refractivity contribution < 1.29 is 33.9 Å². The molecule has 3 amide bonds.